The summed E-state index contributed by atoms with van der Waals surface area (Å²) in [5, 5.41) is 0.353. The number of halogens is 3. The van der Waals surface area contributed by atoms with Gasteiger partial charge < -0.3 is 0 Å². The van der Waals surface area contributed by atoms with Crippen molar-refractivity contribution in [2.24, 2.45) is 0 Å². The molecule has 0 aliphatic carbocycles. The molecule has 1 aromatic heterocycles. The van der Waals surface area contributed by atoms with Crippen molar-refractivity contribution in [2.75, 3.05) is 0 Å². The third-order valence-corrected chi connectivity index (χ3v) is 1.62. The molecule has 60 valence electrons. The van der Waals surface area contributed by atoms with Gasteiger partial charge in [-0.25, -0.2) is 9.97 Å². The van der Waals surface area contributed by atoms with Crippen LogP contribution in [-0.2, 0) is 0 Å². The SMILES string of the molecule is CC(Cl)c1nc(Cl)cc(Cl)n1. The maximum atomic E-state index is 5.70. The standard InChI is InChI=1S/C6H5Cl3N2/c1-3(7)6-10-4(8)2-5(9)11-6/h2-3H,1H3. The van der Waals surface area contributed by atoms with Gasteiger partial charge in [0.15, 0.2) is 0 Å². The summed E-state index contributed by atoms with van der Waals surface area (Å²) in [6.45, 7) is 1.75. The first kappa shape index (κ1) is 9.04. The highest BCUT2D eigenvalue weighted by Gasteiger charge is 2.06. The molecular weight excluding hydrogens is 206 g/mol. The molecule has 2 nitrogen and oxygen atoms in total. The highest BCUT2D eigenvalue weighted by Crippen LogP contribution is 2.19. The molecule has 1 unspecified atom stereocenters. The highest BCUT2D eigenvalue weighted by molar-refractivity contribution is 6.33. The van der Waals surface area contributed by atoms with Crippen molar-refractivity contribution >= 4 is 34.8 Å². The summed E-state index contributed by atoms with van der Waals surface area (Å²) in [6, 6.07) is 1.46. The summed E-state index contributed by atoms with van der Waals surface area (Å²) >= 11 is 16.9. The average molecular weight is 211 g/mol. The maximum Gasteiger partial charge on any atom is 0.149 e. The van der Waals surface area contributed by atoms with Crippen LogP contribution in [0.2, 0.25) is 10.3 Å². The monoisotopic (exact) mass is 210 g/mol. The molecule has 0 bridgehead atoms. The topological polar surface area (TPSA) is 25.8 Å². The fourth-order valence-corrected chi connectivity index (χ4v) is 1.12. The number of alkyl halides is 1. The Labute approximate surface area is 79.5 Å². The van der Waals surface area contributed by atoms with E-state index in [2.05, 4.69) is 9.97 Å². The summed E-state index contributed by atoms with van der Waals surface area (Å²) in [6.07, 6.45) is 0. The maximum absolute atomic E-state index is 5.70. The Bertz CT molecular complexity index is 242. The second kappa shape index (κ2) is 3.57. The lowest BCUT2D eigenvalue weighted by Gasteiger charge is -2.01. The molecule has 0 aliphatic rings. The first-order chi connectivity index (χ1) is 5.09. The Balaban J connectivity index is 3.08. The second-order valence-electron chi connectivity index (χ2n) is 1.99. The van der Waals surface area contributed by atoms with Crippen molar-refractivity contribution in [3.63, 3.8) is 0 Å². The van der Waals surface area contributed by atoms with Crippen LogP contribution in [0.1, 0.15) is 18.1 Å². The van der Waals surface area contributed by atoms with E-state index in [1.807, 2.05) is 0 Å². The van der Waals surface area contributed by atoms with Gasteiger partial charge in [-0.3, -0.25) is 0 Å². The van der Waals surface area contributed by atoms with E-state index in [-0.39, 0.29) is 5.38 Å². The lowest BCUT2D eigenvalue weighted by molar-refractivity contribution is 0.910. The molecule has 1 heterocycles. The minimum absolute atomic E-state index is 0.272. The van der Waals surface area contributed by atoms with E-state index in [1.54, 1.807) is 6.92 Å². The zero-order valence-corrected chi connectivity index (χ0v) is 7.95. The third-order valence-electron chi connectivity index (χ3n) is 1.04. The predicted octanol–water partition coefficient (Wildman–Crippen LogP) is 3.08. The van der Waals surface area contributed by atoms with Crippen molar-refractivity contribution in [3.05, 3.63) is 22.2 Å². The van der Waals surface area contributed by atoms with Gasteiger partial charge in [0.2, 0.25) is 0 Å². The van der Waals surface area contributed by atoms with E-state index in [0.29, 0.717) is 16.1 Å². The van der Waals surface area contributed by atoms with Crippen LogP contribution in [-0.4, -0.2) is 9.97 Å². The average Bonchev–Trinajstić information content (AvgIpc) is 1.85. The molecule has 0 spiro atoms. The van der Waals surface area contributed by atoms with Gasteiger partial charge in [-0.1, -0.05) is 23.2 Å². The van der Waals surface area contributed by atoms with Crippen molar-refractivity contribution in [1.29, 1.82) is 0 Å². The van der Waals surface area contributed by atoms with Gasteiger partial charge in [0, 0.05) is 6.07 Å². The summed E-state index contributed by atoms with van der Waals surface area (Å²) < 4.78 is 0. The molecule has 0 radical (unpaired) electrons. The summed E-state index contributed by atoms with van der Waals surface area (Å²) in [5.41, 5.74) is 0. The molecule has 0 saturated carbocycles. The Kier molecular flexibility index (Phi) is 2.93. The molecular formula is C6H5Cl3N2. The summed E-state index contributed by atoms with van der Waals surface area (Å²) in [5.74, 6) is 0.448. The van der Waals surface area contributed by atoms with Gasteiger partial charge in [-0.05, 0) is 6.92 Å². The third kappa shape index (κ3) is 2.47. The first-order valence-corrected chi connectivity index (χ1v) is 4.13. The molecule has 11 heavy (non-hydrogen) atoms. The van der Waals surface area contributed by atoms with E-state index in [9.17, 15) is 0 Å². The molecule has 0 aromatic carbocycles. The molecule has 0 amide bonds. The predicted molar refractivity (Wildman–Crippen MR) is 46.3 cm³/mol. The minimum Gasteiger partial charge on any atom is -0.220 e. The Morgan fingerprint density at radius 2 is 1.73 bits per heavy atom. The second-order valence-corrected chi connectivity index (χ2v) is 3.42. The fraction of sp³-hybridized carbons (Fsp3) is 0.333. The molecule has 1 atom stereocenters. The number of aromatic nitrogens is 2. The molecule has 5 heteroatoms. The van der Waals surface area contributed by atoms with Crippen LogP contribution in [0.4, 0.5) is 0 Å². The quantitative estimate of drug-likeness (QED) is 0.527. The highest BCUT2D eigenvalue weighted by atomic mass is 35.5. The first-order valence-electron chi connectivity index (χ1n) is 2.93. The Hall–Kier alpha value is -0.0500. The van der Waals surface area contributed by atoms with Crippen LogP contribution in [0.25, 0.3) is 0 Å². The molecule has 1 aromatic rings. The lowest BCUT2D eigenvalue weighted by Crippen LogP contribution is -1.95. The zero-order chi connectivity index (χ0) is 8.43. The van der Waals surface area contributed by atoms with E-state index in [0.717, 1.165) is 0 Å². The van der Waals surface area contributed by atoms with Gasteiger partial charge in [0.1, 0.15) is 16.1 Å². The summed E-state index contributed by atoms with van der Waals surface area (Å²) in [4.78, 5) is 7.74. The van der Waals surface area contributed by atoms with Crippen molar-refractivity contribution in [2.45, 2.75) is 12.3 Å². The van der Waals surface area contributed by atoms with Gasteiger partial charge in [0.05, 0.1) is 5.38 Å². The van der Waals surface area contributed by atoms with Crippen LogP contribution in [0.3, 0.4) is 0 Å². The van der Waals surface area contributed by atoms with Gasteiger partial charge in [-0.15, -0.1) is 11.6 Å². The Morgan fingerprint density at radius 3 is 2.09 bits per heavy atom. The molecule has 1 rings (SSSR count). The van der Waals surface area contributed by atoms with E-state index in [4.69, 9.17) is 34.8 Å². The van der Waals surface area contributed by atoms with Gasteiger partial charge >= 0.3 is 0 Å². The molecule has 0 N–H and O–H groups in total. The van der Waals surface area contributed by atoms with Crippen molar-refractivity contribution < 1.29 is 0 Å². The van der Waals surface area contributed by atoms with Crippen LogP contribution < -0.4 is 0 Å². The number of rotatable bonds is 1. The van der Waals surface area contributed by atoms with Crippen molar-refractivity contribution in [3.8, 4) is 0 Å². The van der Waals surface area contributed by atoms with Crippen molar-refractivity contribution in [1.82, 2.24) is 9.97 Å². The Morgan fingerprint density at radius 1 is 1.27 bits per heavy atom. The lowest BCUT2D eigenvalue weighted by atomic mass is 10.4. The van der Waals surface area contributed by atoms with Crippen LogP contribution in [0, 0.1) is 0 Å². The van der Waals surface area contributed by atoms with E-state index < -0.39 is 0 Å². The fourth-order valence-electron chi connectivity index (χ4n) is 0.585. The smallest absolute Gasteiger partial charge is 0.149 e. The normalized spacial score (nSPS) is 13.1. The molecule has 0 aliphatic heterocycles. The molecule has 0 fully saturated rings. The van der Waals surface area contributed by atoms with Crippen LogP contribution in [0.5, 0.6) is 0 Å². The molecule has 0 saturated heterocycles. The van der Waals surface area contributed by atoms with E-state index >= 15 is 0 Å². The number of nitrogens with zero attached hydrogens (tertiary/aromatic N) is 2. The number of hydrogen-bond acceptors (Lipinski definition) is 2. The number of hydrogen-bond donors (Lipinski definition) is 0. The van der Waals surface area contributed by atoms with Crippen LogP contribution >= 0.6 is 34.8 Å². The van der Waals surface area contributed by atoms with Gasteiger partial charge in [-0.2, -0.15) is 0 Å². The van der Waals surface area contributed by atoms with Gasteiger partial charge in [0.25, 0.3) is 0 Å². The van der Waals surface area contributed by atoms with E-state index in [1.165, 1.54) is 6.07 Å². The zero-order valence-electron chi connectivity index (χ0n) is 5.68. The summed E-state index contributed by atoms with van der Waals surface area (Å²) in [7, 11) is 0. The van der Waals surface area contributed by atoms with Crippen LogP contribution in [0.15, 0.2) is 6.07 Å². The minimum atomic E-state index is -0.272. The largest absolute Gasteiger partial charge is 0.220 e.